The number of carbonyl (C=O) groups excluding carboxylic acids is 3. The number of methoxy groups -OCH3 is 1. The number of nitrogens with one attached hydrogen (secondary N) is 2. The fourth-order valence-electron chi connectivity index (χ4n) is 3.94. The summed E-state index contributed by atoms with van der Waals surface area (Å²) in [5.41, 5.74) is 3.37. The van der Waals surface area contributed by atoms with Gasteiger partial charge in [0.2, 0.25) is 0 Å². The highest BCUT2D eigenvalue weighted by Gasteiger charge is 2.27. The number of likely N-dealkylation sites (tertiary alicyclic amines) is 1. The van der Waals surface area contributed by atoms with Gasteiger partial charge in [-0.2, -0.15) is 5.10 Å². The summed E-state index contributed by atoms with van der Waals surface area (Å²) in [6.07, 6.45) is -0.0949. The first-order valence-corrected chi connectivity index (χ1v) is 11.5. The molecular formula is C26H28N4O5. The van der Waals surface area contributed by atoms with Crippen LogP contribution in [0.25, 0.3) is 11.1 Å². The smallest absolute Gasteiger partial charge is 0.334 e. The van der Waals surface area contributed by atoms with Crippen molar-refractivity contribution in [3.05, 3.63) is 77.6 Å². The van der Waals surface area contributed by atoms with E-state index in [1.165, 1.54) is 13.2 Å². The quantitative estimate of drug-likeness (QED) is 0.407. The van der Waals surface area contributed by atoms with Crippen LogP contribution < -0.4 is 5.32 Å². The minimum Gasteiger partial charge on any atom is -0.467 e. The van der Waals surface area contributed by atoms with Crippen LogP contribution in [0.4, 0.5) is 0 Å². The molecule has 1 aliphatic heterocycles. The number of ether oxygens (including phenoxy) is 1. The molecule has 1 aliphatic rings. The van der Waals surface area contributed by atoms with Crippen molar-refractivity contribution in [1.82, 2.24) is 20.4 Å². The summed E-state index contributed by atoms with van der Waals surface area (Å²) in [6, 6.07) is 18.7. The van der Waals surface area contributed by atoms with Gasteiger partial charge in [-0.25, -0.2) is 4.79 Å². The van der Waals surface area contributed by atoms with Gasteiger partial charge in [0.15, 0.2) is 11.8 Å². The Bertz CT molecular complexity index is 1170. The number of esters is 1. The van der Waals surface area contributed by atoms with E-state index in [1.54, 1.807) is 4.90 Å². The van der Waals surface area contributed by atoms with E-state index in [9.17, 15) is 19.5 Å². The summed E-state index contributed by atoms with van der Waals surface area (Å²) in [5, 5.41) is 19.6. The van der Waals surface area contributed by atoms with Gasteiger partial charge < -0.3 is 20.1 Å². The number of nitrogens with zero attached hydrogens (tertiary/aromatic N) is 2. The maximum Gasteiger partial charge on any atom is 0.334 e. The van der Waals surface area contributed by atoms with Crippen molar-refractivity contribution in [3.63, 3.8) is 0 Å². The normalized spacial score (nSPS) is 14.5. The monoisotopic (exact) mass is 476 g/mol. The fraction of sp³-hybridized carbons (Fsp3) is 0.308. The molecular weight excluding hydrogens is 448 g/mol. The number of hydrogen-bond donors (Lipinski definition) is 3. The number of H-pyrrole nitrogens is 1. The highest BCUT2D eigenvalue weighted by atomic mass is 16.5. The summed E-state index contributed by atoms with van der Waals surface area (Å²) >= 11 is 0. The maximum absolute atomic E-state index is 12.9. The number of aliphatic hydroxyl groups is 1. The van der Waals surface area contributed by atoms with Crippen molar-refractivity contribution < 1.29 is 24.2 Å². The standard InChI is InChI=1S/C26H28N4O5/c1-35-26(34)23(31)15-20(14-17-8-10-19(11-9-17)18-6-3-2-4-7-18)27-24(32)21-16-22(29-28-21)25(33)30-12-5-13-30/h2-4,6-11,16,20,23,31H,5,12-15H2,1H3,(H,27,32)(H,28,29). The Labute approximate surface area is 203 Å². The molecule has 1 saturated heterocycles. The largest absolute Gasteiger partial charge is 0.467 e. The third kappa shape index (κ3) is 5.93. The number of benzene rings is 2. The molecule has 4 rings (SSSR count). The van der Waals surface area contributed by atoms with Crippen LogP contribution in [0, 0.1) is 0 Å². The van der Waals surface area contributed by atoms with Crippen LogP contribution in [0.2, 0.25) is 0 Å². The number of rotatable bonds is 9. The third-order valence-electron chi connectivity index (χ3n) is 6.04. The predicted octanol–water partition coefficient (Wildman–Crippen LogP) is 2.19. The van der Waals surface area contributed by atoms with Gasteiger partial charge in [-0.3, -0.25) is 14.7 Å². The second-order valence-corrected chi connectivity index (χ2v) is 8.52. The van der Waals surface area contributed by atoms with E-state index in [0.29, 0.717) is 19.5 Å². The SMILES string of the molecule is COC(=O)C(O)CC(Cc1ccc(-c2ccccc2)cc1)NC(=O)c1cc(C(=O)N2CCC2)[nH]n1. The predicted molar refractivity (Wildman–Crippen MR) is 129 cm³/mol. The van der Waals surface area contributed by atoms with E-state index in [2.05, 4.69) is 20.3 Å². The van der Waals surface area contributed by atoms with Crippen LogP contribution >= 0.6 is 0 Å². The van der Waals surface area contributed by atoms with Crippen molar-refractivity contribution in [2.45, 2.75) is 31.4 Å². The van der Waals surface area contributed by atoms with Gasteiger partial charge in [-0.15, -0.1) is 0 Å². The first-order valence-electron chi connectivity index (χ1n) is 11.5. The van der Waals surface area contributed by atoms with Crippen LogP contribution in [0.3, 0.4) is 0 Å². The number of amides is 2. The van der Waals surface area contributed by atoms with Crippen molar-refractivity contribution in [2.24, 2.45) is 0 Å². The molecule has 2 heterocycles. The second kappa shape index (κ2) is 11.0. The summed E-state index contributed by atoms with van der Waals surface area (Å²) < 4.78 is 4.62. The van der Waals surface area contributed by atoms with Gasteiger partial charge in [0, 0.05) is 31.6 Å². The van der Waals surface area contributed by atoms with Gasteiger partial charge in [-0.05, 0) is 29.5 Å². The Kier molecular flexibility index (Phi) is 7.57. The van der Waals surface area contributed by atoms with E-state index in [1.807, 2.05) is 54.6 Å². The van der Waals surface area contributed by atoms with Gasteiger partial charge in [0.05, 0.1) is 7.11 Å². The highest BCUT2D eigenvalue weighted by molar-refractivity contribution is 5.98. The minimum atomic E-state index is -1.39. The van der Waals surface area contributed by atoms with E-state index in [0.717, 1.165) is 23.1 Å². The molecule has 2 atom stereocenters. The molecule has 0 saturated carbocycles. The molecule has 0 aliphatic carbocycles. The zero-order valence-electron chi connectivity index (χ0n) is 19.4. The number of aliphatic hydroxyl groups excluding tert-OH is 1. The molecule has 35 heavy (non-hydrogen) atoms. The zero-order chi connectivity index (χ0) is 24.8. The molecule has 0 spiro atoms. The Balaban J connectivity index is 1.46. The molecule has 0 radical (unpaired) electrons. The first kappa shape index (κ1) is 24.2. The fourth-order valence-corrected chi connectivity index (χ4v) is 3.94. The van der Waals surface area contributed by atoms with E-state index in [-0.39, 0.29) is 23.7 Å². The molecule has 3 aromatic rings. The number of hydrogen-bond acceptors (Lipinski definition) is 6. The van der Waals surface area contributed by atoms with E-state index < -0.39 is 24.0 Å². The molecule has 2 aromatic carbocycles. The van der Waals surface area contributed by atoms with Gasteiger partial charge >= 0.3 is 5.97 Å². The Morgan fingerprint density at radius 3 is 2.40 bits per heavy atom. The van der Waals surface area contributed by atoms with E-state index in [4.69, 9.17) is 0 Å². The molecule has 9 heteroatoms. The highest BCUT2D eigenvalue weighted by Crippen LogP contribution is 2.20. The lowest BCUT2D eigenvalue weighted by molar-refractivity contribution is -0.151. The average Bonchev–Trinajstić information content (AvgIpc) is 3.34. The summed E-state index contributed by atoms with van der Waals surface area (Å²) in [5.74, 6) is -1.48. The van der Waals surface area contributed by atoms with Crippen molar-refractivity contribution in [3.8, 4) is 11.1 Å². The average molecular weight is 477 g/mol. The van der Waals surface area contributed by atoms with Crippen molar-refractivity contribution in [2.75, 3.05) is 20.2 Å². The third-order valence-corrected chi connectivity index (χ3v) is 6.04. The van der Waals surface area contributed by atoms with Crippen LogP contribution in [-0.2, 0) is 16.0 Å². The Hall–Kier alpha value is -3.98. The summed E-state index contributed by atoms with van der Waals surface area (Å²) in [4.78, 5) is 38.7. The zero-order valence-corrected chi connectivity index (χ0v) is 19.4. The first-order chi connectivity index (χ1) is 16.9. The van der Waals surface area contributed by atoms with Gasteiger partial charge in [-0.1, -0.05) is 54.6 Å². The van der Waals surface area contributed by atoms with Crippen molar-refractivity contribution >= 4 is 17.8 Å². The Morgan fingerprint density at radius 1 is 1.09 bits per heavy atom. The molecule has 3 N–H and O–H groups in total. The summed E-state index contributed by atoms with van der Waals surface area (Å²) in [7, 11) is 1.20. The lowest BCUT2D eigenvalue weighted by Gasteiger charge is -2.30. The lowest BCUT2D eigenvalue weighted by atomic mass is 9.97. The topological polar surface area (TPSA) is 125 Å². The molecule has 2 unspecified atom stereocenters. The molecule has 182 valence electrons. The van der Waals surface area contributed by atoms with Crippen LogP contribution in [-0.4, -0.2) is 70.3 Å². The number of aromatic nitrogens is 2. The van der Waals surface area contributed by atoms with Gasteiger partial charge in [0.25, 0.3) is 11.8 Å². The van der Waals surface area contributed by atoms with Crippen molar-refractivity contribution in [1.29, 1.82) is 0 Å². The molecule has 0 bridgehead atoms. The molecule has 2 amide bonds. The van der Waals surface area contributed by atoms with Crippen LogP contribution in [0.15, 0.2) is 60.7 Å². The molecule has 1 fully saturated rings. The van der Waals surface area contributed by atoms with E-state index >= 15 is 0 Å². The molecule has 9 nitrogen and oxygen atoms in total. The van der Waals surface area contributed by atoms with Crippen LogP contribution in [0.1, 0.15) is 39.4 Å². The van der Waals surface area contributed by atoms with Gasteiger partial charge in [0.1, 0.15) is 5.69 Å². The Morgan fingerprint density at radius 2 is 1.77 bits per heavy atom. The summed E-state index contributed by atoms with van der Waals surface area (Å²) in [6.45, 7) is 1.38. The lowest BCUT2D eigenvalue weighted by Crippen LogP contribution is -2.42. The number of aromatic amines is 1. The minimum absolute atomic E-state index is 0.0389. The maximum atomic E-state index is 12.9. The molecule has 1 aromatic heterocycles. The second-order valence-electron chi connectivity index (χ2n) is 8.52. The van der Waals surface area contributed by atoms with Crippen LogP contribution in [0.5, 0.6) is 0 Å². The number of carbonyl (C=O) groups is 3.